The van der Waals surface area contributed by atoms with Crippen LogP contribution in [0, 0.1) is 17.8 Å². The number of nitrogens with zero attached hydrogens (tertiary/aromatic N) is 1. The number of carboxylic acid groups (broad SMARTS) is 2. The number of nitrogens with one attached hydrogen (secondary N) is 1. The van der Waals surface area contributed by atoms with Gasteiger partial charge in [0.25, 0.3) is 0 Å². The van der Waals surface area contributed by atoms with Crippen molar-refractivity contribution in [3.05, 3.63) is 65.2 Å². The van der Waals surface area contributed by atoms with Gasteiger partial charge in [0.1, 0.15) is 0 Å². The van der Waals surface area contributed by atoms with E-state index in [4.69, 9.17) is 15.0 Å². The molecule has 2 aromatic carbocycles. The van der Waals surface area contributed by atoms with Crippen LogP contribution in [0.5, 0.6) is 0 Å². The number of amides is 1. The Bertz CT molecular complexity index is 1200. The van der Waals surface area contributed by atoms with Gasteiger partial charge >= 0.3 is 24.3 Å². The molecule has 1 aliphatic rings. The van der Waals surface area contributed by atoms with Crippen molar-refractivity contribution in [2.24, 2.45) is 5.92 Å². The number of halogens is 6. The lowest BCUT2D eigenvalue weighted by molar-refractivity contribution is -0.192. The largest absolute Gasteiger partial charge is 0.490 e. The number of alkyl halides is 6. The highest BCUT2D eigenvalue weighted by atomic mass is 19.4. The predicted molar refractivity (Wildman–Crippen MR) is 123 cm³/mol. The van der Waals surface area contributed by atoms with Gasteiger partial charge in [-0.1, -0.05) is 17.9 Å². The molecule has 1 unspecified atom stereocenters. The number of carboxylic acids is 2. The summed E-state index contributed by atoms with van der Waals surface area (Å²) in [5.41, 5.74) is 0.659. The number of carbonyl (C=O) groups excluding carboxylic acids is 1. The molecule has 3 rings (SSSR count). The monoisotopic (exact) mass is 544 g/mol. The fraction of sp³-hybridized carbons (Fsp3) is 0.320. The van der Waals surface area contributed by atoms with E-state index in [1.54, 1.807) is 24.3 Å². The van der Waals surface area contributed by atoms with E-state index in [2.05, 4.69) is 17.2 Å². The van der Waals surface area contributed by atoms with Crippen molar-refractivity contribution in [1.82, 2.24) is 4.90 Å². The molecule has 204 valence electrons. The van der Waals surface area contributed by atoms with Gasteiger partial charge in [0.2, 0.25) is 5.91 Å². The zero-order chi connectivity index (χ0) is 28.5. The molecule has 0 aliphatic carbocycles. The van der Waals surface area contributed by atoms with Crippen LogP contribution in [0.4, 0.5) is 32.0 Å². The van der Waals surface area contributed by atoms with Gasteiger partial charge in [0.05, 0.1) is 18.0 Å². The maximum absolute atomic E-state index is 12.8. The number of anilines is 1. The van der Waals surface area contributed by atoms with Crippen LogP contribution in [0.3, 0.4) is 0 Å². The molecule has 0 spiro atoms. The Labute approximate surface area is 213 Å². The second-order valence-electron chi connectivity index (χ2n) is 8.17. The summed E-state index contributed by atoms with van der Waals surface area (Å²) in [5, 5.41) is 19.0. The molecule has 1 heterocycles. The van der Waals surface area contributed by atoms with Gasteiger partial charge in [-0.15, -0.1) is 0 Å². The first-order valence-electron chi connectivity index (χ1n) is 11.0. The Kier molecular flexibility index (Phi) is 10.3. The van der Waals surface area contributed by atoms with Crippen molar-refractivity contribution in [2.45, 2.75) is 25.2 Å². The van der Waals surface area contributed by atoms with Gasteiger partial charge < -0.3 is 15.5 Å². The molecule has 0 saturated carbocycles. The van der Waals surface area contributed by atoms with E-state index in [-0.39, 0.29) is 18.0 Å². The first-order valence-corrected chi connectivity index (χ1v) is 11.0. The van der Waals surface area contributed by atoms with E-state index in [1.165, 1.54) is 12.1 Å². The van der Waals surface area contributed by atoms with Crippen LogP contribution in [-0.2, 0) is 20.6 Å². The number of benzene rings is 2. The molecule has 1 amide bonds. The Morgan fingerprint density at radius 3 is 2.11 bits per heavy atom. The van der Waals surface area contributed by atoms with E-state index in [0.29, 0.717) is 30.8 Å². The highest BCUT2D eigenvalue weighted by Gasteiger charge is 2.38. The number of hydrogen-bond acceptors (Lipinski definition) is 4. The zero-order valence-electron chi connectivity index (χ0n) is 19.6. The summed E-state index contributed by atoms with van der Waals surface area (Å²) in [6, 6.07) is 11.5. The van der Waals surface area contributed by atoms with E-state index < -0.39 is 35.8 Å². The Morgan fingerprint density at radius 2 is 1.55 bits per heavy atom. The van der Waals surface area contributed by atoms with Crippen molar-refractivity contribution in [2.75, 3.05) is 25.0 Å². The average Bonchev–Trinajstić information content (AvgIpc) is 2.83. The minimum absolute atomic E-state index is 0.112. The molecule has 38 heavy (non-hydrogen) atoms. The van der Waals surface area contributed by atoms with Crippen LogP contribution in [0.2, 0.25) is 0 Å². The highest BCUT2D eigenvalue weighted by Crippen LogP contribution is 2.29. The van der Waals surface area contributed by atoms with Gasteiger partial charge in [0, 0.05) is 23.4 Å². The molecular weight excluding hydrogens is 522 g/mol. The van der Waals surface area contributed by atoms with Crippen molar-refractivity contribution < 1.29 is 50.9 Å². The zero-order valence-corrected chi connectivity index (χ0v) is 19.6. The molecule has 1 aliphatic heterocycles. The molecule has 7 nitrogen and oxygen atoms in total. The third kappa shape index (κ3) is 10.1. The summed E-state index contributed by atoms with van der Waals surface area (Å²) < 4.78 is 70.0. The Morgan fingerprint density at radius 1 is 0.947 bits per heavy atom. The normalized spacial score (nSPS) is 15.8. The number of hydrogen-bond donors (Lipinski definition) is 3. The van der Waals surface area contributed by atoms with Crippen LogP contribution >= 0.6 is 0 Å². The summed E-state index contributed by atoms with van der Waals surface area (Å²) >= 11 is 0. The molecule has 0 aromatic heterocycles. The third-order valence-electron chi connectivity index (χ3n) is 5.17. The van der Waals surface area contributed by atoms with Gasteiger partial charge in [0.15, 0.2) is 0 Å². The third-order valence-corrected chi connectivity index (χ3v) is 5.17. The van der Waals surface area contributed by atoms with E-state index in [1.807, 2.05) is 4.90 Å². The summed E-state index contributed by atoms with van der Waals surface area (Å²) in [6.07, 6.45) is -8.14. The van der Waals surface area contributed by atoms with Crippen LogP contribution < -0.4 is 5.32 Å². The second kappa shape index (κ2) is 13.0. The number of likely N-dealkylation sites (tertiary alicyclic amines) is 1. The van der Waals surface area contributed by atoms with E-state index in [0.717, 1.165) is 18.6 Å². The molecule has 1 atom stereocenters. The topological polar surface area (TPSA) is 107 Å². The van der Waals surface area contributed by atoms with Crippen LogP contribution in [0.25, 0.3) is 0 Å². The quantitative estimate of drug-likeness (QED) is 0.387. The predicted octanol–water partition coefficient (Wildman–Crippen LogP) is 4.47. The number of rotatable bonds is 4. The van der Waals surface area contributed by atoms with Crippen molar-refractivity contribution >= 4 is 23.5 Å². The first kappa shape index (κ1) is 30.2. The van der Waals surface area contributed by atoms with Gasteiger partial charge in [-0.3, -0.25) is 14.5 Å². The molecule has 13 heteroatoms. The van der Waals surface area contributed by atoms with Crippen molar-refractivity contribution in [3.8, 4) is 11.8 Å². The van der Waals surface area contributed by atoms with Gasteiger partial charge in [-0.05, 0) is 61.9 Å². The standard InChI is InChI=1S/C23H21F3N2O3.C2HF3O2/c24-23(25,26)19-5-1-3-17(13-19)7-6-16-8-10-20(11-9-16)27-21(29)15-28-12-2-4-18(14-28)22(30)31;3-2(4,5)1(6)7/h1,3,5,8-11,13,18H,2,4,12,14-15H2,(H,27,29)(H,30,31);(H,6,7). The lowest BCUT2D eigenvalue weighted by Gasteiger charge is -2.29. The van der Waals surface area contributed by atoms with Gasteiger partial charge in [-0.2, -0.15) is 26.3 Å². The molecular formula is C25H22F6N2O5. The highest BCUT2D eigenvalue weighted by molar-refractivity contribution is 5.92. The molecule has 1 fully saturated rings. The van der Waals surface area contributed by atoms with Crippen LogP contribution in [0.15, 0.2) is 48.5 Å². The average molecular weight is 544 g/mol. The van der Waals surface area contributed by atoms with Crippen LogP contribution in [-0.4, -0.2) is 58.8 Å². The first-order chi connectivity index (χ1) is 17.6. The molecule has 2 aromatic rings. The Balaban J connectivity index is 0.000000638. The second-order valence-corrected chi connectivity index (χ2v) is 8.17. The number of aliphatic carboxylic acids is 2. The molecule has 1 saturated heterocycles. The van der Waals surface area contributed by atoms with Crippen LogP contribution in [0.1, 0.15) is 29.5 Å². The minimum Gasteiger partial charge on any atom is -0.481 e. The molecule has 0 radical (unpaired) electrons. The van der Waals surface area contributed by atoms with E-state index in [9.17, 15) is 35.9 Å². The SMILES string of the molecule is O=C(CN1CCCC(C(=O)O)C1)Nc1ccc(C#Cc2cccc(C(F)(F)F)c2)cc1.O=C(O)C(F)(F)F. The maximum Gasteiger partial charge on any atom is 0.490 e. The lowest BCUT2D eigenvalue weighted by Crippen LogP contribution is -2.42. The minimum atomic E-state index is -5.08. The fourth-order valence-corrected chi connectivity index (χ4v) is 3.36. The molecule has 0 bridgehead atoms. The summed E-state index contributed by atoms with van der Waals surface area (Å²) in [4.78, 5) is 34.1. The fourth-order valence-electron chi connectivity index (χ4n) is 3.36. The smallest absolute Gasteiger partial charge is 0.481 e. The number of carbonyl (C=O) groups is 3. The summed E-state index contributed by atoms with van der Waals surface area (Å²) in [5.74, 6) is 1.23. The van der Waals surface area contributed by atoms with Crippen molar-refractivity contribution in [3.63, 3.8) is 0 Å². The summed E-state index contributed by atoms with van der Waals surface area (Å²) in [7, 11) is 0. The maximum atomic E-state index is 12.8. The molecule has 3 N–H and O–H groups in total. The van der Waals surface area contributed by atoms with Gasteiger partial charge in [-0.25, -0.2) is 4.79 Å². The number of piperidine rings is 1. The lowest BCUT2D eigenvalue weighted by atomic mass is 9.98. The summed E-state index contributed by atoms with van der Waals surface area (Å²) in [6.45, 7) is 1.15. The van der Waals surface area contributed by atoms with Crippen molar-refractivity contribution in [1.29, 1.82) is 0 Å². The Hall–Kier alpha value is -4.05. The van der Waals surface area contributed by atoms with E-state index >= 15 is 0 Å².